The van der Waals surface area contributed by atoms with E-state index in [0.29, 0.717) is 24.5 Å². The van der Waals surface area contributed by atoms with Gasteiger partial charge in [0.05, 0.1) is 30.9 Å². The number of nitrogens with zero attached hydrogens (tertiary/aromatic N) is 3. The summed E-state index contributed by atoms with van der Waals surface area (Å²) >= 11 is 1.61. The minimum Gasteiger partial charge on any atom is -0.492 e. The van der Waals surface area contributed by atoms with E-state index in [-0.39, 0.29) is 6.04 Å². The van der Waals surface area contributed by atoms with E-state index in [0.717, 1.165) is 28.6 Å². The van der Waals surface area contributed by atoms with E-state index in [2.05, 4.69) is 23.0 Å². The van der Waals surface area contributed by atoms with E-state index < -0.39 is 0 Å². The van der Waals surface area contributed by atoms with Crippen molar-refractivity contribution in [3.63, 3.8) is 0 Å². The molecule has 0 saturated carbocycles. The van der Waals surface area contributed by atoms with Crippen LogP contribution < -0.4 is 4.74 Å². The molecule has 120 valence electrons. The van der Waals surface area contributed by atoms with Crippen molar-refractivity contribution in [2.45, 2.75) is 13.0 Å². The molecule has 6 heteroatoms. The highest BCUT2D eigenvalue weighted by Crippen LogP contribution is 2.29. The van der Waals surface area contributed by atoms with Gasteiger partial charge in [-0.05, 0) is 32.2 Å². The number of hydrogen-bond acceptors (Lipinski definition) is 6. The number of thiazole rings is 1. The average Bonchev–Trinajstić information content (AvgIpc) is 3.00. The van der Waals surface area contributed by atoms with Crippen LogP contribution in [0.5, 0.6) is 5.75 Å². The van der Waals surface area contributed by atoms with Crippen molar-refractivity contribution in [3.05, 3.63) is 34.8 Å². The maximum atomic E-state index is 9.25. The summed E-state index contributed by atoms with van der Waals surface area (Å²) in [5, 5.41) is 10.2. The number of nitriles is 1. The minimum absolute atomic E-state index is 0.236. The van der Waals surface area contributed by atoms with Crippen molar-refractivity contribution < 1.29 is 9.47 Å². The average molecular weight is 329 g/mol. The zero-order chi connectivity index (χ0) is 16.2. The molecule has 0 N–H and O–H groups in total. The molecule has 1 aromatic carbocycles. The Hall–Kier alpha value is -1.94. The third kappa shape index (κ3) is 3.88. The summed E-state index contributed by atoms with van der Waals surface area (Å²) in [6.07, 6.45) is 1.84. The molecular weight excluding hydrogens is 310 g/mol. The Morgan fingerprint density at radius 2 is 2.35 bits per heavy atom. The van der Waals surface area contributed by atoms with E-state index in [1.165, 1.54) is 0 Å². The molecule has 1 aliphatic heterocycles. The van der Waals surface area contributed by atoms with Gasteiger partial charge in [-0.2, -0.15) is 5.26 Å². The predicted octanol–water partition coefficient (Wildman–Crippen LogP) is 2.70. The molecule has 1 atom stereocenters. The molecule has 5 nitrogen and oxygen atoms in total. The topological polar surface area (TPSA) is 58.4 Å². The second-order valence-electron chi connectivity index (χ2n) is 5.65. The summed E-state index contributed by atoms with van der Waals surface area (Å²) in [4.78, 5) is 7.77. The minimum atomic E-state index is 0.236. The first-order chi connectivity index (χ1) is 11.2. The summed E-state index contributed by atoms with van der Waals surface area (Å²) in [5.74, 6) is 0.700. The van der Waals surface area contributed by atoms with Gasteiger partial charge in [0.1, 0.15) is 17.4 Å². The second-order valence-corrected chi connectivity index (χ2v) is 6.89. The van der Waals surface area contributed by atoms with Crippen LogP contribution in [0.4, 0.5) is 0 Å². The van der Waals surface area contributed by atoms with E-state index in [4.69, 9.17) is 9.47 Å². The molecule has 3 rings (SSSR count). The molecule has 2 heterocycles. The summed E-state index contributed by atoms with van der Waals surface area (Å²) in [7, 11) is 2.08. The Morgan fingerprint density at radius 1 is 1.48 bits per heavy atom. The Balaban J connectivity index is 1.77. The Labute approximate surface area is 140 Å². The molecule has 0 bridgehead atoms. The summed E-state index contributed by atoms with van der Waals surface area (Å²) in [5.41, 5.74) is 1.50. The third-order valence-corrected chi connectivity index (χ3v) is 4.83. The fraction of sp³-hybridized carbons (Fsp3) is 0.412. The van der Waals surface area contributed by atoms with Gasteiger partial charge in [0, 0.05) is 23.2 Å². The fourth-order valence-electron chi connectivity index (χ4n) is 2.46. The second kappa shape index (κ2) is 7.09. The zero-order valence-electron chi connectivity index (χ0n) is 13.3. The Bertz CT molecular complexity index is 723. The smallest absolute Gasteiger partial charge is 0.123 e. The molecule has 1 aliphatic rings. The van der Waals surface area contributed by atoms with Gasteiger partial charge in [0.15, 0.2) is 0 Å². The molecule has 0 radical (unpaired) electrons. The molecule has 0 unspecified atom stereocenters. The number of likely N-dealkylation sites (N-methyl/N-ethyl adjacent to an activating group) is 1. The van der Waals surface area contributed by atoms with E-state index in [9.17, 15) is 5.26 Å². The van der Waals surface area contributed by atoms with Crippen LogP contribution >= 0.6 is 11.3 Å². The molecule has 1 saturated heterocycles. The summed E-state index contributed by atoms with van der Waals surface area (Å²) in [6, 6.07) is 8.00. The highest BCUT2D eigenvalue weighted by atomic mass is 32.1. The van der Waals surface area contributed by atoms with Gasteiger partial charge in [-0.3, -0.25) is 4.90 Å². The van der Waals surface area contributed by atoms with Crippen LogP contribution in [0, 0.1) is 18.3 Å². The van der Waals surface area contributed by atoms with Crippen molar-refractivity contribution in [1.29, 1.82) is 5.26 Å². The first kappa shape index (κ1) is 15.9. The number of ether oxygens (including phenoxy) is 2. The fourth-order valence-corrected chi connectivity index (χ4v) is 3.22. The molecule has 0 amide bonds. The monoisotopic (exact) mass is 329 g/mol. The molecule has 2 aromatic rings. The van der Waals surface area contributed by atoms with Crippen molar-refractivity contribution in [2.75, 3.05) is 33.4 Å². The van der Waals surface area contributed by atoms with Gasteiger partial charge in [-0.1, -0.05) is 0 Å². The van der Waals surface area contributed by atoms with Gasteiger partial charge in [-0.25, -0.2) is 4.98 Å². The van der Waals surface area contributed by atoms with Crippen LogP contribution in [-0.2, 0) is 4.74 Å². The lowest BCUT2D eigenvalue weighted by Crippen LogP contribution is -2.46. The molecule has 1 aromatic heterocycles. The number of hydrogen-bond donors (Lipinski definition) is 0. The van der Waals surface area contributed by atoms with E-state index in [1.54, 1.807) is 17.4 Å². The summed E-state index contributed by atoms with van der Waals surface area (Å²) < 4.78 is 11.4. The van der Waals surface area contributed by atoms with Gasteiger partial charge < -0.3 is 9.47 Å². The zero-order valence-corrected chi connectivity index (χ0v) is 14.1. The van der Waals surface area contributed by atoms with Crippen LogP contribution in [-0.4, -0.2) is 49.3 Å². The number of benzene rings is 1. The molecule has 0 aliphatic carbocycles. The highest BCUT2D eigenvalue weighted by molar-refractivity contribution is 7.14. The van der Waals surface area contributed by atoms with Gasteiger partial charge in [0.2, 0.25) is 0 Å². The summed E-state index contributed by atoms with van der Waals surface area (Å²) in [6.45, 7) is 4.92. The van der Waals surface area contributed by atoms with Crippen LogP contribution in [0.15, 0.2) is 24.4 Å². The van der Waals surface area contributed by atoms with E-state index >= 15 is 0 Å². The lowest BCUT2D eigenvalue weighted by molar-refractivity contribution is -0.0108. The van der Waals surface area contributed by atoms with Crippen molar-refractivity contribution in [1.82, 2.24) is 9.88 Å². The van der Waals surface area contributed by atoms with Gasteiger partial charge in [0.25, 0.3) is 0 Å². The first-order valence-electron chi connectivity index (χ1n) is 7.54. The Morgan fingerprint density at radius 3 is 3.04 bits per heavy atom. The first-order valence-corrected chi connectivity index (χ1v) is 8.36. The van der Waals surface area contributed by atoms with Crippen molar-refractivity contribution in [2.24, 2.45) is 0 Å². The SMILES string of the molecule is Cc1cnc(-c2cc(C#N)cc(OC[C@@H]3COCCN3C)c2)s1. The molecule has 0 spiro atoms. The highest BCUT2D eigenvalue weighted by Gasteiger charge is 2.20. The third-order valence-electron chi connectivity index (χ3n) is 3.87. The molecular formula is C17H19N3O2S. The standard InChI is InChI=1S/C17H19N3O2S/c1-12-9-19-17(23-12)14-5-13(8-18)6-16(7-14)22-11-15-10-21-4-3-20(15)2/h5-7,9,15H,3-4,10-11H2,1-2H3/t15-/m0/s1. The lowest BCUT2D eigenvalue weighted by Gasteiger charge is -2.32. The van der Waals surface area contributed by atoms with Crippen LogP contribution in [0.2, 0.25) is 0 Å². The number of morpholine rings is 1. The number of aryl methyl sites for hydroxylation is 1. The quantitative estimate of drug-likeness (QED) is 0.863. The van der Waals surface area contributed by atoms with Gasteiger partial charge >= 0.3 is 0 Å². The normalized spacial score (nSPS) is 18.6. The van der Waals surface area contributed by atoms with Crippen LogP contribution in [0.1, 0.15) is 10.4 Å². The maximum Gasteiger partial charge on any atom is 0.123 e. The van der Waals surface area contributed by atoms with E-state index in [1.807, 2.05) is 25.3 Å². The Kier molecular flexibility index (Phi) is 4.91. The largest absolute Gasteiger partial charge is 0.492 e. The molecule has 23 heavy (non-hydrogen) atoms. The van der Waals surface area contributed by atoms with Crippen molar-refractivity contribution in [3.8, 4) is 22.4 Å². The number of rotatable bonds is 4. The number of aromatic nitrogens is 1. The predicted molar refractivity (Wildman–Crippen MR) is 89.7 cm³/mol. The lowest BCUT2D eigenvalue weighted by atomic mass is 10.1. The van der Waals surface area contributed by atoms with Crippen LogP contribution in [0.3, 0.4) is 0 Å². The van der Waals surface area contributed by atoms with Crippen LogP contribution in [0.25, 0.3) is 10.6 Å². The maximum absolute atomic E-state index is 9.25. The molecule has 1 fully saturated rings. The van der Waals surface area contributed by atoms with Crippen molar-refractivity contribution >= 4 is 11.3 Å². The van der Waals surface area contributed by atoms with Gasteiger partial charge in [-0.15, -0.1) is 11.3 Å².